The van der Waals surface area contributed by atoms with Gasteiger partial charge in [0.05, 0.1) is 6.10 Å². The second-order valence-electron chi connectivity index (χ2n) is 4.65. The van der Waals surface area contributed by atoms with Crippen LogP contribution in [0.5, 0.6) is 0 Å². The number of hydrogen-bond donors (Lipinski definition) is 0. The molecular formula is C14H30O4SSi. The lowest BCUT2D eigenvalue weighted by atomic mass is 10.2. The van der Waals surface area contributed by atoms with Crippen LogP contribution >= 0.6 is 12.2 Å². The molecule has 0 amide bonds. The fraction of sp³-hybridized carbons (Fsp3) is 0.929. The van der Waals surface area contributed by atoms with Gasteiger partial charge in [-0.15, -0.1) is 0 Å². The summed E-state index contributed by atoms with van der Waals surface area (Å²) >= 11 is 4.94. The molecule has 0 rings (SSSR count). The molecule has 0 heterocycles. The summed E-state index contributed by atoms with van der Waals surface area (Å²) in [7, 11) is -2.47. The summed E-state index contributed by atoms with van der Waals surface area (Å²) in [5.41, 5.74) is 0. The minimum absolute atomic E-state index is 0.176. The van der Waals surface area contributed by atoms with Gasteiger partial charge in [-0.2, -0.15) is 0 Å². The molecule has 0 aromatic carbocycles. The van der Waals surface area contributed by atoms with Crippen molar-refractivity contribution in [3.8, 4) is 0 Å². The average Bonchev–Trinajstić information content (AvgIpc) is 2.35. The fourth-order valence-corrected chi connectivity index (χ4v) is 4.97. The summed E-state index contributed by atoms with van der Waals surface area (Å²) in [6.45, 7) is 11.7. The molecule has 1 atom stereocenters. The van der Waals surface area contributed by atoms with Gasteiger partial charge in [0.25, 0.3) is 0 Å². The smallest absolute Gasteiger partial charge is 0.485 e. The van der Waals surface area contributed by atoms with Gasteiger partial charge in [0.2, 0.25) is 0 Å². The third-order valence-corrected chi connectivity index (χ3v) is 6.05. The van der Waals surface area contributed by atoms with Crippen molar-refractivity contribution in [2.45, 2.75) is 66.0 Å². The number of thiocarbonyl (C=S) groups is 1. The minimum Gasteiger partial charge on any atom is -0.485 e. The number of hydrogen-bond acceptors (Lipinski definition) is 5. The first-order chi connectivity index (χ1) is 9.49. The van der Waals surface area contributed by atoms with Crippen molar-refractivity contribution >= 4 is 26.1 Å². The molecule has 1 unspecified atom stereocenters. The Hall–Kier alpha value is -0.0131. The molecule has 0 fully saturated rings. The molecule has 4 nitrogen and oxygen atoms in total. The first-order valence-corrected chi connectivity index (χ1v) is 9.92. The van der Waals surface area contributed by atoms with E-state index in [1.54, 1.807) is 0 Å². The average molecular weight is 323 g/mol. The molecular weight excluding hydrogens is 292 g/mol. The van der Waals surface area contributed by atoms with Gasteiger partial charge in [0, 0.05) is 32.8 Å². The Morgan fingerprint density at radius 2 is 1.50 bits per heavy atom. The van der Waals surface area contributed by atoms with E-state index in [9.17, 15) is 0 Å². The van der Waals surface area contributed by atoms with Gasteiger partial charge in [0.1, 0.15) is 0 Å². The molecule has 0 bridgehead atoms. The SMILES string of the molecule is CCO[Si](CCCCC(C)OC(C)=S)(OCC)OCC. The summed E-state index contributed by atoms with van der Waals surface area (Å²) in [5.74, 6) is 0. The molecule has 0 N–H and O–H groups in total. The van der Waals surface area contributed by atoms with Crippen molar-refractivity contribution in [3.63, 3.8) is 0 Å². The maximum atomic E-state index is 5.82. The number of rotatable bonds is 12. The van der Waals surface area contributed by atoms with Crippen LogP contribution < -0.4 is 0 Å². The van der Waals surface area contributed by atoms with Crippen LogP contribution in [0.1, 0.15) is 53.9 Å². The Balaban J connectivity index is 4.14. The van der Waals surface area contributed by atoms with E-state index in [4.69, 9.17) is 30.2 Å². The van der Waals surface area contributed by atoms with Crippen LogP contribution in [0, 0.1) is 0 Å². The quantitative estimate of drug-likeness (QED) is 0.309. The topological polar surface area (TPSA) is 36.9 Å². The lowest BCUT2D eigenvalue weighted by Crippen LogP contribution is -2.45. The van der Waals surface area contributed by atoms with Crippen LogP contribution in [0.2, 0.25) is 6.04 Å². The largest absolute Gasteiger partial charge is 0.500 e. The number of ether oxygens (including phenoxy) is 1. The standard InChI is InChI=1S/C14H30O4SSi/c1-6-15-20(16-7-2,17-8-3)12-10-9-11-13(4)18-14(5)19/h13H,6-12H2,1-5H3. The normalized spacial score (nSPS) is 13.2. The predicted molar refractivity (Wildman–Crippen MR) is 88.1 cm³/mol. The minimum atomic E-state index is -2.47. The zero-order valence-electron chi connectivity index (χ0n) is 13.6. The van der Waals surface area contributed by atoms with Crippen molar-refractivity contribution in [2.24, 2.45) is 0 Å². The summed E-state index contributed by atoms with van der Waals surface area (Å²) in [5, 5.41) is 0.610. The second-order valence-corrected chi connectivity index (χ2v) is 7.95. The van der Waals surface area contributed by atoms with E-state index < -0.39 is 8.80 Å². The van der Waals surface area contributed by atoms with Gasteiger partial charge in [-0.1, -0.05) is 0 Å². The van der Waals surface area contributed by atoms with Gasteiger partial charge in [-0.3, -0.25) is 0 Å². The highest BCUT2D eigenvalue weighted by Gasteiger charge is 2.39. The third-order valence-electron chi connectivity index (χ3n) is 2.80. The molecule has 0 aliphatic rings. The molecule has 120 valence electrons. The first-order valence-electron chi connectivity index (χ1n) is 7.58. The van der Waals surface area contributed by atoms with E-state index in [2.05, 4.69) is 0 Å². The van der Waals surface area contributed by atoms with Gasteiger partial charge in [-0.25, -0.2) is 0 Å². The molecule has 20 heavy (non-hydrogen) atoms. The summed E-state index contributed by atoms with van der Waals surface area (Å²) in [4.78, 5) is 0. The maximum absolute atomic E-state index is 5.82. The van der Waals surface area contributed by atoms with Gasteiger partial charge in [0.15, 0.2) is 5.05 Å². The predicted octanol–water partition coefficient (Wildman–Crippen LogP) is 3.96. The number of unbranched alkanes of at least 4 members (excludes halogenated alkanes) is 1. The molecule has 0 aliphatic carbocycles. The van der Waals surface area contributed by atoms with Crippen LogP contribution in [0.25, 0.3) is 0 Å². The Morgan fingerprint density at radius 3 is 1.90 bits per heavy atom. The molecule has 0 aromatic heterocycles. The van der Waals surface area contributed by atoms with Crippen LogP contribution in [0.15, 0.2) is 0 Å². The van der Waals surface area contributed by atoms with Gasteiger partial charge >= 0.3 is 8.80 Å². The van der Waals surface area contributed by atoms with Gasteiger partial charge < -0.3 is 18.0 Å². The van der Waals surface area contributed by atoms with Crippen LogP contribution in [-0.4, -0.2) is 39.8 Å². The van der Waals surface area contributed by atoms with Crippen molar-refractivity contribution < 1.29 is 18.0 Å². The second kappa shape index (κ2) is 11.6. The molecule has 0 aliphatic heterocycles. The summed E-state index contributed by atoms with van der Waals surface area (Å²) < 4.78 is 22.9. The fourth-order valence-electron chi connectivity index (χ4n) is 2.12. The van der Waals surface area contributed by atoms with Crippen molar-refractivity contribution in [1.82, 2.24) is 0 Å². The Labute approximate surface area is 130 Å². The highest BCUT2D eigenvalue weighted by Crippen LogP contribution is 2.20. The molecule has 0 radical (unpaired) electrons. The zero-order chi connectivity index (χ0) is 15.4. The van der Waals surface area contributed by atoms with Crippen LogP contribution in [0.3, 0.4) is 0 Å². The summed E-state index contributed by atoms with van der Waals surface area (Å²) in [6.07, 6.45) is 3.25. The first kappa shape index (κ1) is 20.0. The van der Waals surface area contributed by atoms with Gasteiger partial charge in [-0.05, 0) is 59.2 Å². The van der Waals surface area contributed by atoms with Crippen LogP contribution in [-0.2, 0) is 18.0 Å². The van der Waals surface area contributed by atoms with Crippen molar-refractivity contribution in [3.05, 3.63) is 0 Å². The molecule has 0 saturated heterocycles. The Kier molecular flexibility index (Phi) is 11.6. The monoisotopic (exact) mass is 322 g/mol. The third kappa shape index (κ3) is 9.02. The summed E-state index contributed by atoms with van der Waals surface area (Å²) in [6, 6.07) is 0.867. The van der Waals surface area contributed by atoms with Crippen molar-refractivity contribution in [1.29, 1.82) is 0 Å². The molecule has 0 aromatic rings. The molecule has 0 spiro atoms. The Bertz CT molecular complexity index is 247. The molecule has 6 heteroatoms. The van der Waals surface area contributed by atoms with E-state index >= 15 is 0 Å². The lowest BCUT2D eigenvalue weighted by molar-refractivity contribution is 0.0703. The molecule has 0 saturated carbocycles. The Morgan fingerprint density at radius 1 is 1.00 bits per heavy atom. The lowest BCUT2D eigenvalue weighted by Gasteiger charge is -2.28. The van der Waals surface area contributed by atoms with E-state index in [0.29, 0.717) is 24.9 Å². The highest BCUT2D eigenvalue weighted by atomic mass is 32.1. The maximum Gasteiger partial charge on any atom is 0.500 e. The van der Waals surface area contributed by atoms with Crippen LogP contribution in [0.4, 0.5) is 0 Å². The van der Waals surface area contributed by atoms with E-state index in [-0.39, 0.29) is 6.10 Å². The zero-order valence-corrected chi connectivity index (χ0v) is 15.4. The van der Waals surface area contributed by atoms with E-state index in [1.165, 1.54) is 0 Å². The van der Waals surface area contributed by atoms with Crippen molar-refractivity contribution in [2.75, 3.05) is 19.8 Å². The van der Waals surface area contributed by atoms with E-state index in [1.807, 2.05) is 34.6 Å². The van der Waals surface area contributed by atoms with E-state index in [0.717, 1.165) is 25.3 Å². The highest BCUT2D eigenvalue weighted by molar-refractivity contribution is 7.80.